The van der Waals surface area contributed by atoms with Gasteiger partial charge in [-0.2, -0.15) is 0 Å². The first-order valence-corrected chi connectivity index (χ1v) is 44.6. The van der Waals surface area contributed by atoms with Gasteiger partial charge in [-0.05, 0) is 187 Å². The molecule has 17 aromatic carbocycles. The lowest BCUT2D eigenvalue weighted by Crippen LogP contribution is -2.16. The smallest absolute Gasteiger partial charge is 0.160 e. The van der Waals surface area contributed by atoms with Gasteiger partial charge in [0.15, 0.2) is 5.82 Å². The van der Waals surface area contributed by atoms with E-state index in [4.69, 9.17) is 24.9 Å². The Bertz CT molecular complexity index is 7860. The Morgan fingerprint density at radius 3 is 0.899 bits per heavy atom. The summed E-state index contributed by atoms with van der Waals surface area (Å²) in [6.45, 7) is 14.1. The Labute approximate surface area is 751 Å². The van der Waals surface area contributed by atoms with Gasteiger partial charge < -0.3 is 0 Å². The zero-order valence-electron chi connectivity index (χ0n) is 72.6. The zero-order valence-corrected chi connectivity index (χ0v) is 72.6. The van der Waals surface area contributed by atoms with Crippen LogP contribution in [-0.2, 0) is 16.2 Å². The van der Waals surface area contributed by atoms with Crippen LogP contribution in [0, 0.1) is 0 Å². The topological polar surface area (TPSA) is 77.3 Å². The van der Waals surface area contributed by atoms with E-state index in [0.29, 0.717) is 5.82 Å². The van der Waals surface area contributed by atoms with Crippen molar-refractivity contribution in [2.75, 3.05) is 0 Å². The van der Waals surface area contributed by atoms with Crippen LogP contribution in [0.1, 0.15) is 74.9 Å². The van der Waals surface area contributed by atoms with Crippen molar-refractivity contribution in [2.45, 2.75) is 57.8 Å². The van der Waals surface area contributed by atoms with E-state index in [1.54, 1.807) is 0 Å². The van der Waals surface area contributed by atoms with Crippen molar-refractivity contribution in [1.29, 1.82) is 0 Å². The molecule has 0 fully saturated rings. The van der Waals surface area contributed by atoms with E-state index < -0.39 is 0 Å². The minimum absolute atomic E-state index is 0.165. The van der Waals surface area contributed by atoms with E-state index in [1.807, 2.05) is 30.5 Å². The average molecular weight is 1650 g/mol. The molecule has 0 unspecified atom stereocenters. The molecule has 0 N–H and O–H groups in total. The molecule has 0 amide bonds. The largest absolute Gasteiger partial charge is 0.256 e. The third-order valence-electron chi connectivity index (χ3n) is 27.2. The van der Waals surface area contributed by atoms with Crippen LogP contribution in [-0.4, -0.2) is 29.9 Å². The van der Waals surface area contributed by atoms with Crippen molar-refractivity contribution in [3.8, 4) is 146 Å². The van der Waals surface area contributed by atoms with E-state index >= 15 is 0 Å². The molecule has 3 aliphatic rings. The number of aromatic nitrogens is 6. The number of hydrogen-bond acceptors (Lipinski definition) is 6. The summed E-state index contributed by atoms with van der Waals surface area (Å²) < 4.78 is 0. The first-order chi connectivity index (χ1) is 63.2. The number of hydrogen-bond donors (Lipinski definition) is 0. The van der Waals surface area contributed by atoms with Gasteiger partial charge in [0.1, 0.15) is 0 Å². The maximum Gasteiger partial charge on any atom is 0.160 e. The van der Waals surface area contributed by atoms with Crippen molar-refractivity contribution in [3.63, 3.8) is 0 Å². The lowest BCUT2D eigenvalue weighted by atomic mass is 9.78. The number of rotatable bonds is 10. The fourth-order valence-corrected chi connectivity index (χ4v) is 21.0. The standard InChI is InChI=1S/C44H31N3.C40H29N.C39H28N2/c1-44(2)35-23-12-11-22-34(35)42-41(44)39(40-33-21-10-9-14-28(33)24-25-36(40)45-42)31-19-13-20-32(26-31)43-46-37(29-15-5-3-6-16-29)27-38(47-43)30-17-7-4-8-18-30;1-40(2)34-18-9-8-17-33(34)39-38(40)36(37-32-16-7-6-13-28(32)23-24-35(37)41-39)29-21-19-27(20-22-29)31-15-10-14-30(25-31)26-11-4-3-5-12-26;1-39(2)32-15-6-5-14-31(32)38-37(39)35(36-30-13-4-3-10-26(30)21-22-34(36)41-38)27-19-17-25(18-20-27)28-11-9-12-29(24-28)33-16-7-8-23-40-33/h3-27H,1-2H3;3-25H,1-2H3;3-24H,1-2H3. The average Bonchev–Trinajstić information content (AvgIpc) is 1.56. The molecule has 0 spiro atoms. The maximum absolute atomic E-state index is 5.38. The molecular weight excluding hydrogens is 1560 g/mol. The lowest BCUT2D eigenvalue weighted by Gasteiger charge is -2.26. The molecular formula is C123H88N6. The predicted molar refractivity (Wildman–Crippen MR) is 538 cm³/mol. The van der Waals surface area contributed by atoms with Gasteiger partial charge in [-0.1, -0.05) is 406 Å². The minimum atomic E-state index is -0.237. The third kappa shape index (κ3) is 13.3. The highest BCUT2D eigenvalue weighted by atomic mass is 14.9. The highest BCUT2D eigenvalue weighted by Gasteiger charge is 2.43. The predicted octanol–water partition coefficient (Wildman–Crippen LogP) is 31.9. The second-order valence-corrected chi connectivity index (χ2v) is 35.9. The Morgan fingerprint density at radius 2 is 0.496 bits per heavy atom. The Morgan fingerprint density at radius 1 is 0.194 bits per heavy atom. The summed E-state index contributed by atoms with van der Waals surface area (Å²) in [6, 6.07) is 149. The van der Waals surface area contributed by atoms with Crippen molar-refractivity contribution in [1.82, 2.24) is 29.9 Å². The molecule has 0 aliphatic heterocycles. The van der Waals surface area contributed by atoms with E-state index in [2.05, 4.69) is 441 Å². The molecule has 6 nitrogen and oxygen atoms in total. The van der Waals surface area contributed by atoms with E-state index in [9.17, 15) is 0 Å². The van der Waals surface area contributed by atoms with Gasteiger partial charge in [-0.15, -0.1) is 0 Å². The van der Waals surface area contributed by atoms with Crippen LogP contribution in [0.25, 0.3) is 211 Å². The Balaban J connectivity index is 0.000000111. The molecule has 25 rings (SSSR count). The first-order valence-electron chi connectivity index (χ1n) is 44.6. The molecule has 3 aliphatic carbocycles. The Kier molecular flexibility index (Phi) is 18.9. The van der Waals surface area contributed by atoms with Gasteiger partial charge in [-0.3, -0.25) is 4.98 Å². The van der Waals surface area contributed by atoms with E-state index in [-0.39, 0.29) is 16.2 Å². The normalized spacial score (nSPS) is 13.2. The van der Waals surface area contributed by atoms with Crippen LogP contribution in [0.4, 0.5) is 0 Å². The quantitative estimate of drug-likeness (QED) is 0.127. The lowest BCUT2D eigenvalue weighted by molar-refractivity contribution is 0.661. The minimum Gasteiger partial charge on any atom is -0.256 e. The molecule has 0 saturated heterocycles. The summed E-state index contributed by atoms with van der Waals surface area (Å²) in [5.41, 5.74) is 39.1. The summed E-state index contributed by atoms with van der Waals surface area (Å²) in [4.78, 5) is 30.9. The monoisotopic (exact) mass is 1650 g/mol. The number of fused-ring (bicyclic) bond motifs is 18. The van der Waals surface area contributed by atoms with Gasteiger partial charge in [-0.25, -0.2) is 24.9 Å². The summed E-state index contributed by atoms with van der Waals surface area (Å²) in [6.07, 6.45) is 1.85. The van der Waals surface area contributed by atoms with Gasteiger partial charge >= 0.3 is 0 Å². The van der Waals surface area contributed by atoms with Crippen molar-refractivity contribution < 1.29 is 0 Å². The van der Waals surface area contributed by atoms with Crippen LogP contribution in [0.15, 0.2) is 425 Å². The zero-order chi connectivity index (χ0) is 86.6. The van der Waals surface area contributed by atoms with Gasteiger partial charge in [0, 0.05) is 77.5 Å². The summed E-state index contributed by atoms with van der Waals surface area (Å²) in [7, 11) is 0. The molecule has 5 aromatic heterocycles. The van der Waals surface area contributed by atoms with Gasteiger partial charge in [0.05, 0.1) is 50.7 Å². The van der Waals surface area contributed by atoms with Crippen LogP contribution in [0.3, 0.4) is 0 Å². The first kappa shape index (κ1) is 77.8. The third-order valence-corrected chi connectivity index (χ3v) is 27.2. The molecule has 129 heavy (non-hydrogen) atoms. The second kappa shape index (κ2) is 31.3. The van der Waals surface area contributed by atoms with Crippen LogP contribution >= 0.6 is 0 Å². The highest BCUT2D eigenvalue weighted by Crippen LogP contribution is 2.58. The molecule has 610 valence electrons. The molecule has 0 bridgehead atoms. The van der Waals surface area contributed by atoms with Crippen molar-refractivity contribution in [2.24, 2.45) is 0 Å². The number of nitrogens with zero attached hydrogens (tertiary/aromatic N) is 6. The number of pyridine rings is 4. The SMILES string of the molecule is CC1(C)c2ccccc2-c2nc3ccc4ccccc4c3c(-c3ccc(-c4cccc(-c5ccccc5)c4)cc3)c21.CC1(C)c2ccccc2-c2nc3ccc4ccccc4c3c(-c3ccc(-c4cccc(-c5ccccn5)c4)cc3)c21.CC1(C)c2ccccc2-c2nc3ccc4ccccc4c3c(-c3cccc(-c4nc(-c5ccccc5)cc(-c5ccccc5)n4)c3)c21. The van der Waals surface area contributed by atoms with Crippen molar-refractivity contribution >= 4 is 65.0 Å². The molecule has 5 heterocycles. The molecule has 0 radical (unpaired) electrons. The summed E-state index contributed by atoms with van der Waals surface area (Å²) in [5.74, 6) is 0.703. The van der Waals surface area contributed by atoms with E-state index in [1.165, 1.54) is 160 Å². The fraction of sp³-hybridized carbons (Fsp3) is 0.0732. The van der Waals surface area contributed by atoms with Crippen LogP contribution in [0.2, 0.25) is 0 Å². The highest BCUT2D eigenvalue weighted by molar-refractivity contribution is 6.19. The molecule has 0 saturated carbocycles. The van der Waals surface area contributed by atoms with Crippen molar-refractivity contribution in [3.05, 3.63) is 458 Å². The molecule has 0 atom stereocenters. The van der Waals surface area contributed by atoms with Gasteiger partial charge in [0.25, 0.3) is 0 Å². The van der Waals surface area contributed by atoms with Crippen LogP contribution in [0.5, 0.6) is 0 Å². The molecule has 22 aromatic rings. The number of benzene rings is 17. The summed E-state index contributed by atoms with van der Waals surface area (Å²) >= 11 is 0. The second-order valence-electron chi connectivity index (χ2n) is 35.9. The van der Waals surface area contributed by atoms with Gasteiger partial charge in [0.2, 0.25) is 0 Å². The van der Waals surface area contributed by atoms with E-state index in [0.717, 1.165) is 78.5 Å². The molecule has 6 heteroatoms. The summed E-state index contributed by atoms with van der Waals surface area (Å²) in [5, 5.41) is 11.0. The Hall–Kier alpha value is -16.0. The fourth-order valence-electron chi connectivity index (χ4n) is 21.0. The maximum atomic E-state index is 5.38. The van der Waals surface area contributed by atoms with Crippen LogP contribution < -0.4 is 0 Å².